The third-order valence-electron chi connectivity index (χ3n) is 2.51. The number of nitrogens with zero attached hydrogens (tertiary/aromatic N) is 3. The van der Waals surface area contributed by atoms with E-state index in [9.17, 15) is 8.42 Å². The van der Waals surface area contributed by atoms with Gasteiger partial charge in [-0.05, 0) is 12.1 Å². The Morgan fingerprint density at radius 2 is 2.20 bits per heavy atom. The van der Waals surface area contributed by atoms with Crippen LogP contribution in [0, 0.1) is 0 Å². The van der Waals surface area contributed by atoms with Crippen molar-refractivity contribution in [2.45, 2.75) is 5.03 Å². The van der Waals surface area contributed by atoms with Gasteiger partial charge in [0.1, 0.15) is 5.82 Å². The molecule has 0 aliphatic heterocycles. The molecule has 3 aromatic heterocycles. The first-order chi connectivity index (χ1) is 9.62. The number of nitrogens with two attached hydrogens (primary N) is 1. The Hall–Kier alpha value is -2.17. The lowest BCUT2D eigenvalue weighted by Crippen LogP contribution is -2.19. The van der Waals surface area contributed by atoms with E-state index in [-0.39, 0.29) is 16.7 Å². The van der Waals surface area contributed by atoms with Crippen molar-refractivity contribution in [2.24, 2.45) is 5.84 Å². The molecule has 0 atom stereocenters. The number of imidazole rings is 1. The normalized spacial score (nSPS) is 11.7. The summed E-state index contributed by atoms with van der Waals surface area (Å²) in [7, 11) is -3.86. The van der Waals surface area contributed by atoms with Gasteiger partial charge in [0.05, 0.1) is 0 Å². The van der Waals surface area contributed by atoms with Gasteiger partial charge in [-0.1, -0.05) is 6.07 Å². The Balaban J connectivity index is 2.11. The average molecular weight is 310 g/mol. The van der Waals surface area contributed by atoms with Crippen molar-refractivity contribution < 1.29 is 8.42 Å². The highest BCUT2D eigenvalue weighted by Gasteiger charge is 2.26. The summed E-state index contributed by atoms with van der Waals surface area (Å²) in [5.41, 5.74) is 2.30. The molecule has 0 aliphatic carbocycles. The summed E-state index contributed by atoms with van der Waals surface area (Å²) in [6, 6.07) is 4.93. The van der Waals surface area contributed by atoms with Crippen molar-refractivity contribution in [3.63, 3.8) is 0 Å². The number of hydrogen-bond acceptors (Lipinski definition) is 7. The van der Waals surface area contributed by atoms with Gasteiger partial charge in [-0.15, -0.1) is 11.3 Å². The minimum Gasteiger partial charge on any atom is -0.306 e. The average Bonchev–Trinajstić information content (AvgIpc) is 2.98. The van der Waals surface area contributed by atoms with Gasteiger partial charge >= 0.3 is 0 Å². The first-order valence-corrected chi connectivity index (χ1v) is 7.84. The van der Waals surface area contributed by atoms with E-state index < -0.39 is 10.0 Å². The van der Waals surface area contributed by atoms with Crippen LogP contribution >= 0.6 is 11.3 Å². The van der Waals surface area contributed by atoms with Crippen molar-refractivity contribution in [2.75, 3.05) is 10.1 Å². The summed E-state index contributed by atoms with van der Waals surface area (Å²) < 4.78 is 28.7. The number of nitrogens with one attached hydrogen (secondary N) is 2. The van der Waals surface area contributed by atoms with Crippen LogP contribution in [0.2, 0.25) is 0 Å². The number of thiazole rings is 1. The van der Waals surface area contributed by atoms with Crippen LogP contribution in [0.1, 0.15) is 0 Å². The Labute approximate surface area is 118 Å². The summed E-state index contributed by atoms with van der Waals surface area (Å²) in [4.78, 5) is 8.56. The van der Waals surface area contributed by atoms with Crippen LogP contribution in [0.3, 0.4) is 0 Å². The summed E-state index contributed by atoms with van der Waals surface area (Å²) in [5, 5.41) is 1.68. The van der Waals surface area contributed by atoms with E-state index in [2.05, 4.69) is 20.1 Å². The zero-order valence-electron chi connectivity index (χ0n) is 10.0. The summed E-state index contributed by atoms with van der Waals surface area (Å²) in [6.07, 6.45) is 3.11. The zero-order valence-corrected chi connectivity index (χ0v) is 11.6. The van der Waals surface area contributed by atoms with Crippen LogP contribution in [-0.2, 0) is 10.0 Å². The SMILES string of the molecule is NNc1nc2sccn2c1S(=O)(=O)Nc1ccccn1. The molecule has 8 nitrogen and oxygen atoms in total. The van der Waals surface area contributed by atoms with Gasteiger partial charge in [-0.25, -0.2) is 10.8 Å². The molecule has 0 saturated heterocycles. The molecule has 20 heavy (non-hydrogen) atoms. The molecule has 0 fully saturated rings. The maximum Gasteiger partial charge on any atom is 0.282 e. The molecule has 0 saturated carbocycles. The molecule has 0 aliphatic rings. The van der Waals surface area contributed by atoms with Crippen LogP contribution in [0.25, 0.3) is 4.96 Å². The molecular formula is C10H10N6O2S2. The van der Waals surface area contributed by atoms with E-state index in [1.54, 1.807) is 29.8 Å². The molecule has 3 aromatic rings. The fourth-order valence-electron chi connectivity index (χ4n) is 1.72. The third-order valence-corrected chi connectivity index (χ3v) is 4.65. The van der Waals surface area contributed by atoms with Gasteiger partial charge < -0.3 is 5.43 Å². The first-order valence-electron chi connectivity index (χ1n) is 5.48. The van der Waals surface area contributed by atoms with Gasteiger partial charge in [-0.2, -0.15) is 13.4 Å². The van der Waals surface area contributed by atoms with Crippen LogP contribution in [0.15, 0.2) is 41.0 Å². The lowest BCUT2D eigenvalue weighted by molar-refractivity contribution is 0.597. The Morgan fingerprint density at radius 1 is 1.35 bits per heavy atom. The van der Waals surface area contributed by atoms with Crippen LogP contribution < -0.4 is 16.0 Å². The number of pyridine rings is 1. The van der Waals surface area contributed by atoms with Gasteiger partial charge in [0, 0.05) is 17.8 Å². The van der Waals surface area contributed by atoms with Gasteiger partial charge in [0.15, 0.2) is 10.8 Å². The second kappa shape index (κ2) is 4.74. The number of fused-ring (bicyclic) bond motifs is 1. The Kier molecular flexibility index (Phi) is 3.04. The fourth-order valence-corrected chi connectivity index (χ4v) is 3.75. The summed E-state index contributed by atoms with van der Waals surface area (Å²) in [5.74, 6) is 5.64. The smallest absolute Gasteiger partial charge is 0.282 e. The molecule has 0 aromatic carbocycles. The second-order valence-electron chi connectivity index (χ2n) is 3.79. The van der Waals surface area contributed by atoms with Crippen LogP contribution in [0.4, 0.5) is 11.6 Å². The van der Waals surface area contributed by atoms with E-state index in [4.69, 9.17) is 5.84 Å². The lowest BCUT2D eigenvalue weighted by atomic mass is 10.5. The number of hydrazine groups is 1. The highest BCUT2D eigenvalue weighted by molar-refractivity contribution is 7.92. The van der Waals surface area contributed by atoms with Crippen molar-refractivity contribution in [1.29, 1.82) is 0 Å². The minimum atomic E-state index is -3.86. The van der Waals surface area contributed by atoms with Gasteiger partial charge in [0.2, 0.25) is 5.03 Å². The van der Waals surface area contributed by atoms with E-state index in [1.165, 1.54) is 21.9 Å². The summed E-state index contributed by atoms with van der Waals surface area (Å²) >= 11 is 1.31. The van der Waals surface area contributed by atoms with Gasteiger partial charge in [0.25, 0.3) is 10.0 Å². The molecule has 0 spiro atoms. The topological polar surface area (TPSA) is 114 Å². The molecular weight excluding hydrogens is 300 g/mol. The largest absolute Gasteiger partial charge is 0.306 e. The maximum atomic E-state index is 12.5. The molecule has 0 radical (unpaired) electrons. The van der Waals surface area contributed by atoms with E-state index in [1.807, 2.05) is 0 Å². The quantitative estimate of drug-likeness (QED) is 0.487. The number of rotatable bonds is 4. The predicted octanol–water partition coefficient (Wildman–Crippen LogP) is 0.877. The first kappa shape index (κ1) is 12.8. The second-order valence-corrected chi connectivity index (χ2v) is 6.26. The van der Waals surface area contributed by atoms with E-state index in [0.29, 0.717) is 4.96 Å². The van der Waals surface area contributed by atoms with Crippen LogP contribution in [-0.4, -0.2) is 22.8 Å². The Bertz CT molecular complexity index is 839. The molecule has 3 rings (SSSR count). The molecule has 0 amide bonds. The predicted molar refractivity (Wildman–Crippen MR) is 75.9 cm³/mol. The standard InChI is InChI=1S/C10H10N6O2S2/c11-14-8-9(16-5-6-19-10(16)13-8)20(17,18)15-7-3-1-2-4-12-7/h1-6,14H,11H2,(H,12,15). The monoisotopic (exact) mass is 310 g/mol. The molecule has 10 heteroatoms. The number of sulfonamides is 1. The highest BCUT2D eigenvalue weighted by Crippen LogP contribution is 2.26. The van der Waals surface area contributed by atoms with Crippen LogP contribution in [0.5, 0.6) is 0 Å². The molecule has 104 valence electrons. The molecule has 4 N–H and O–H groups in total. The molecule has 0 bridgehead atoms. The Morgan fingerprint density at radius 3 is 2.90 bits per heavy atom. The van der Waals surface area contributed by atoms with E-state index >= 15 is 0 Å². The number of nitrogen functional groups attached to an aromatic ring is 1. The number of anilines is 2. The summed E-state index contributed by atoms with van der Waals surface area (Å²) in [6.45, 7) is 0. The van der Waals surface area contributed by atoms with Crippen molar-refractivity contribution >= 4 is 38.0 Å². The van der Waals surface area contributed by atoms with Gasteiger partial charge in [-0.3, -0.25) is 9.12 Å². The van der Waals surface area contributed by atoms with Crippen molar-refractivity contribution in [1.82, 2.24) is 14.4 Å². The molecule has 0 unspecified atom stereocenters. The van der Waals surface area contributed by atoms with Crippen molar-refractivity contribution in [3.8, 4) is 0 Å². The highest BCUT2D eigenvalue weighted by atomic mass is 32.2. The van der Waals surface area contributed by atoms with Crippen molar-refractivity contribution in [3.05, 3.63) is 36.0 Å². The minimum absolute atomic E-state index is 0.0538. The lowest BCUT2D eigenvalue weighted by Gasteiger charge is -2.07. The van der Waals surface area contributed by atoms with E-state index in [0.717, 1.165) is 0 Å². The molecule has 3 heterocycles. The fraction of sp³-hybridized carbons (Fsp3) is 0. The zero-order chi connectivity index (χ0) is 14.2. The number of aromatic nitrogens is 3. The number of hydrogen-bond donors (Lipinski definition) is 3. The maximum absolute atomic E-state index is 12.5. The third kappa shape index (κ3) is 2.09.